The Morgan fingerprint density at radius 1 is 1.38 bits per heavy atom. The second kappa shape index (κ2) is 7.31. The molecule has 5 heteroatoms. The monoisotopic (exact) mass is 294 g/mol. The predicted octanol–water partition coefficient (Wildman–Crippen LogP) is 2.86. The number of aliphatic hydroxyl groups excluding tert-OH is 1. The zero-order valence-corrected chi connectivity index (χ0v) is 13.4. The van der Waals surface area contributed by atoms with Gasteiger partial charge in [-0.1, -0.05) is 33.8 Å². The van der Waals surface area contributed by atoms with Gasteiger partial charge in [0.05, 0.1) is 13.2 Å². The molecular weight excluding hydrogens is 268 g/mol. The molecule has 0 aliphatic carbocycles. The van der Waals surface area contributed by atoms with Gasteiger partial charge in [-0.3, -0.25) is 0 Å². The third kappa shape index (κ3) is 5.27. The molecule has 118 valence electrons. The summed E-state index contributed by atoms with van der Waals surface area (Å²) < 4.78 is 5.10. The number of anilines is 1. The van der Waals surface area contributed by atoms with Gasteiger partial charge in [-0.25, -0.2) is 4.79 Å². The fourth-order valence-electron chi connectivity index (χ4n) is 2.19. The number of methoxy groups -OCH3 is 1. The molecule has 1 unspecified atom stereocenters. The molecule has 0 saturated carbocycles. The van der Waals surface area contributed by atoms with E-state index in [9.17, 15) is 9.90 Å². The van der Waals surface area contributed by atoms with Crippen molar-refractivity contribution in [1.29, 1.82) is 0 Å². The van der Waals surface area contributed by atoms with Crippen molar-refractivity contribution in [3.8, 4) is 5.75 Å². The largest absolute Gasteiger partial charge is 0.497 e. The number of ether oxygens (including phenoxy) is 1. The summed E-state index contributed by atoms with van der Waals surface area (Å²) in [6.45, 7) is 8.18. The van der Waals surface area contributed by atoms with Gasteiger partial charge in [0, 0.05) is 23.7 Å². The number of benzene rings is 1. The number of hydrogen-bond acceptors (Lipinski definition) is 3. The van der Waals surface area contributed by atoms with E-state index in [4.69, 9.17) is 4.74 Å². The van der Waals surface area contributed by atoms with Crippen LogP contribution in [0.3, 0.4) is 0 Å². The van der Waals surface area contributed by atoms with Gasteiger partial charge < -0.3 is 20.5 Å². The molecule has 0 aliphatic heterocycles. The fourth-order valence-corrected chi connectivity index (χ4v) is 2.19. The van der Waals surface area contributed by atoms with Crippen LogP contribution >= 0.6 is 0 Å². The number of amides is 2. The average molecular weight is 294 g/mol. The van der Waals surface area contributed by atoms with Crippen molar-refractivity contribution in [2.45, 2.75) is 33.8 Å². The van der Waals surface area contributed by atoms with Gasteiger partial charge in [-0.15, -0.1) is 0 Å². The van der Waals surface area contributed by atoms with Crippen LogP contribution in [0.25, 0.3) is 0 Å². The zero-order chi connectivity index (χ0) is 16.0. The number of nitrogens with one attached hydrogen (secondary N) is 2. The average Bonchev–Trinajstić information content (AvgIpc) is 2.44. The lowest BCUT2D eigenvalue weighted by Gasteiger charge is -2.33. The summed E-state index contributed by atoms with van der Waals surface area (Å²) in [6.07, 6.45) is -0.477. The summed E-state index contributed by atoms with van der Waals surface area (Å²) in [7, 11) is 1.58. The SMILES string of the molecule is COc1cccc(NC(=O)NCC(C)(C)C(O)C(C)C)c1. The Kier molecular flexibility index (Phi) is 6.03. The second-order valence-electron chi connectivity index (χ2n) is 6.22. The van der Waals surface area contributed by atoms with E-state index in [0.29, 0.717) is 18.0 Å². The van der Waals surface area contributed by atoms with Gasteiger partial charge in [0.1, 0.15) is 5.75 Å². The molecule has 0 heterocycles. The molecule has 0 bridgehead atoms. The van der Waals surface area contributed by atoms with E-state index >= 15 is 0 Å². The lowest BCUT2D eigenvalue weighted by atomic mass is 9.81. The summed E-state index contributed by atoms with van der Waals surface area (Å²) in [5.74, 6) is 0.826. The molecule has 0 spiro atoms. The van der Waals surface area contributed by atoms with Crippen molar-refractivity contribution in [2.24, 2.45) is 11.3 Å². The summed E-state index contributed by atoms with van der Waals surface area (Å²) in [5.41, 5.74) is 0.272. The number of rotatable bonds is 6. The zero-order valence-electron chi connectivity index (χ0n) is 13.4. The van der Waals surface area contributed by atoms with Crippen LogP contribution in [0, 0.1) is 11.3 Å². The Hall–Kier alpha value is -1.75. The van der Waals surface area contributed by atoms with Crippen molar-refractivity contribution in [1.82, 2.24) is 5.32 Å². The molecule has 1 aromatic rings. The third-order valence-electron chi connectivity index (χ3n) is 3.46. The molecule has 0 aliphatic rings. The highest BCUT2D eigenvalue weighted by Gasteiger charge is 2.30. The Balaban J connectivity index is 2.54. The van der Waals surface area contributed by atoms with Crippen LogP contribution < -0.4 is 15.4 Å². The Bertz CT molecular complexity index is 472. The Morgan fingerprint density at radius 2 is 2.05 bits per heavy atom. The van der Waals surface area contributed by atoms with Crippen LogP contribution in [0.15, 0.2) is 24.3 Å². The molecule has 1 aromatic carbocycles. The van der Waals surface area contributed by atoms with Crippen LogP contribution in [-0.2, 0) is 0 Å². The van der Waals surface area contributed by atoms with Crippen molar-refractivity contribution in [3.05, 3.63) is 24.3 Å². The first kappa shape index (κ1) is 17.3. The normalized spacial score (nSPS) is 12.9. The molecule has 5 nitrogen and oxygen atoms in total. The van der Waals surface area contributed by atoms with E-state index < -0.39 is 6.10 Å². The Labute approximate surface area is 126 Å². The number of carbonyl (C=O) groups is 1. The Morgan fingerprint density at radius 3 is 2.62 bits per heavy atom. The first-order valence-electron chi connectivity index (χ1n) is 7.13. The highest BCUT2D eigenvalue weighted by atomic mass is 16.5. The van der Waals surface area contributed by atoms with Crippen LogP contribution in [0.2, 0.25) is 0 Å². The molecule has 1 atom stereocenters. The van der Waals surface area contributed by atoms with Crippen molar-refractivity contribution < 1.29 is 14.6 Å². The summed E-state index contributed by atoms with van der Waals surface area (Å²) >= 11 is 0. The van der Waals surface area contributed by atoms with Crippen molar-refractivity contribution in [3.63, 3.8) is 0 Å². The molecule has 3 N–H and O–H groups in total. The van der Waals surface area contributed by atoms with Crippen LogP contribution in [0.5, 0.6) is 5.75 Å². The topological polar surface area (TPSA) is 70.6 Å². The highest BCUT2D eigenvalue weighted by molar-refractivity contribution is 5.89. The standard InChI is InChI=1S/C16H26N2O3/c1-11(2)14(19)16(3,4)10-17-15(20)18-12-7-6-8-13(9-12)21-5/h6-9,11,14,19H,10H2,1-5H3,(H2,17,18,20). The molecule has 0 radical (unpaired) electrons. The van der Waals surface area contributed by atoms with Crippen LogP contribution in [0.4, 0.5) is 10.5 Å². The molecule has 21 heavy (non-hydrogen) atoms. The quantitative estimate of drug-likeness (QED) is 0.755. The maximum absolute atomic E-state index is 11.9. The van der Waals surface area contributed by atoms with E-state index in [-0.39, 0.29) is 17.4 Å². The van der Waals surface area contributed by atoms with E-state index in [1.165, 1.54) is 0 Å². The first-order valence-corrected chi connectivity index (χ1v) is 7.13. The number of urea groups is 1. The molecule has 2 amide bonds. The lowest BCUT2D eigenvalue weighted by Crippen LogP contribution is -2.44. The number of hydrogen-bond donors (Lipinski definition) is 3. The van der Waals surface area contributed by atoms with Gasteiger partial charge in [-0.05, 0) is 18.1 Å². The third-order valence-corrected chi connectivity index (χ3v) is 3.46. The van der Waals surface area contributed by atoms with Crippen molar-refractivity contribution in [2.75, 3.05) is 19.0 Å². The van der Waals surface area contributed by atoms with Gasteiger partial charge in [0.25, 0.3) is 0 Å². The second-order valence-corrected chi connectivity index (χ2v) is 6.22. The molecule has 0 fully saturated rings. The molecule has 1 rings (SSSR count). The molecular formula is C16H26N2O3. The van der Waals surface area contributed by atoms with Crippen LogP contribution in [0.1, 0.15) is 27.7 Å². The summed E-state index contributed by atoms with van der Waals surface area (Å²) in [6, 6.07) is 6.85. The predicted molar refractivity (Wildman–Crippen MR) is 84.6 cm³/mol. The van der Waals surface area contributed by atoms with Crippen LogP contribution in [-0.4, -0.2) is 30.9 Å². The number of aliphatic hydroxyl groups is 1. The first-order chi connectivity index (χ1) is 9.76. The van der Waals surface area contributed by atoms with Gasteiger partial charge in [0.2, 0.25) is 0 Å². The van der Waals surface area contributed by atoms with E-state index in [2.05, 4.69) is 10.6 Å². The molecule has 0 saturated heterocycles. The minimum Gasteiger partial charge on any atom is -0.497 e. The highest BCUT2D eigenvalue weighted by Crippen LogP contribution is 2.25. The molecule has 0 aromatic heterocycles. The summed E-state index contributed by atoms with van der Waals surface area (Å²) in [4.78, 5) is 11.9. The summed E-state index contributed by atoms with van der Waals surface area (Å²) in [5, 5.41) is 15.7. The fraction of sp³-hybridized carbons (Fsp3) is 0.562. The van der Waals surface area contributed by atoms with Gasteiger partial charge in [-0.2, -0.15) is 0 Å². The minimum atomic E-state index is -0.477. The van der Waals surface area contributed by atoms with E-state index in [1.807, 2.05) is 33.8 Å². The van der Waals surface area contributed by atoms with E-state index in [1.54, 1.807) is 25.3 Å². The maximum atomic E-state index is 11.9. The van der Waals surface area contributed by atoms with Gasteiger partial charge >= 0.3 is 6.03 Å². The van der Waals surface area contributed by atoms with E-state index in [0.717, 1.165) is 0 Å². The lowest BCUT2D eigenvalue weighted by molar-refractivity contribution is 0.0154. The smallest absolute Gasteiger partial charge is 0.319 e. The van der Waals surface area contributed by atoms with Gasteiger partial charge in [0.15, 0.2) is 0 Å². The number of carbonyl (C=O) groups excluding carboxylic acids is 1. The van der Waals surface area contributed by atoms with Crippen molar-refractivity contribution >= 4 is 11.7 Å². The minimum absolute atomic E-state index is 0.142. The maximum Gasteiger partial charge on any atom is 0.319 e.